The molecule has 0 unspecified atom stereocenters. The molecule has 0 bridgehead atoms. The molecule has 0 aromatic rings. The fraction of sp³-hybridized carbons (Fsp3) is 0.833. The molecule has 1 aliphatic rings. The zero-order chi connectivity index (χ0) is 8.48. The van der Waals surface area contributed by atoms with Crippen LogP contribution in [0.25, 0.3) is 0 Å². The molecule has 5 heteroatoms. The van der Waals surface area contributed by atoms with E-state index in [1.165, 1.54) is 0 Å². The Bertz CT molecular complexity index is 209. The van der Waals surface area contributed by atoms with Crippen LogP contribution in [0.4, 0.5) is 8.78 Å². The van der Waals surface area contributed by atoms with E-state index in [-0.39, 0.29) is 5.75 Å². The summed E-state index contributed by atoms with van der Waals surface area (Å²) in [7, 11) is -3.50. The second kappa shape index (κ2) is 3.05. The molecule has 1 saturated carbocycles. The van der Waals surface area contributed by atoms with Gasteiger partial charge in [0.05, 0.1) is 5.75 Å². The van der Waals surface area contributed by atoms with Crippen molar-refractivity contribution in [2.75, 3.05) is 11.5 Å². The Hall–Kier alpha value is -0.190. The molecule has 0 atom stereocenters. The van der Waals surface area contributed by atoms with E-state index in [4.69, 9.17) is 0 Å². The van der Waals surface area contributed by atoms with Gasteiger partial charge in [-0.15, -0.1) is 0 Å². The van der Waals surface area contributed by atoms with Crippen molar-refractivity contribution in [2.24, 2.45) is 0 Å². The van der Waals surface area contributed by atoms with Crippen LogP contribution in [0.15, 0.2) is 0 Å². The third-order valence-electron chi connectivity index (χ3n) is 1.41. The van der Waals surface area contributed by atoms with Crippen LogP contribution in [0.2, 0.25) is 0 Å². The molecule has 2 nitrogen and oxygen atoms in total. The summed E-state index contributed by atoms with van der Waals surface area (Å²) in [5, 5.41) is 0. The summed E-state index contributed by atoms with van der Waals surface area (Å²) in [6.45, 7) is 0. The molecule has 0 aliphatic heterocycles. The predicted octanol–water partition coefficient (Wildman–Crippen LogP) is 1.03. The van der Waals surface area contributed by atoms with Gasteiger partial charge in [-0.2, -0.15) is 0 Å². The maximum Gasteiger partial charge on any atom is 0.252 e. The van der Waals surface area contributed by atoms with E-state index in [9.17, 15) is 17.2 Å². The van der Waals surface area contributed by atoms with Crippen LogP contribution in [0.3, 0.4) is 0 Å². The van der Waals surface area contributed by atoms with Crippen molar-refractivity contribution in [3.8, 4) is 0 Å². The van der Waals surface area contributed by atoms with E-state index in [1.54, 1.807) is 0 Å². The lowest BCUT2D eigenvalue weighted by Crippen LogP contribution is -2.17. The van der Waals surface area contributed by atoms with Gasteiger partial charge in [-0.3, -0.25) is 0 Å². The van der Waals surface area contributed by atoms with Crippen molar-refractivity contribution in [1.82, 2.24) is 0 Å². The van der Waals surface area contributed by atoms with Gasteiger partial charge < -0.3 is 0 Å². The van der Waals surface area contributed by atoms with E-state index >= 15 is 0 Å². The molecule has 0 N–H and O–H groups in total. The minimum Gasteiger partial charge on any atom is -0.229 e. The van der Waals surface area contributed by atoms with Crippen LogP contribution in [0.1, 0.15) is 12.8 Å². The fourth-order valence-electron chi connectivity index (χ4n) is 0.795. The molecule has 0 saturated heterocycles. The Balaban J connectivity index is 2.38. The first-order valence-corrected chi connectivity index (χ1v) is 5.14. The topological polar surface area (TPSA) is 34.1 Å². The molecule has 1 rings (SSSR count). The normalized spacial score (nSPS) is 19.2. The van der Waals surface area contributed by atoms with Gasteiger partial charge in [-0.25, -0.2) is 17.2 Å². The highest BCUT2D eigenvalue weighted by Gasteiger charge is 2.30. The van der Waals surface area contributed by atoms with Gasteiger partial charge in [0, 0.05) is 0 Å². The predicted molar refractivity (Wildman–Crippen MR) is 37.1 cm³/mol. The zero-order valence-corrected chi connectivity index (χ0v) is 6.70. The van der Waals surface area contributed by atoms with Crippen LogP contribution in [-0.2, 0) is 9.84 Å². The molecule has 0 aromatic heterocycles. The third-order valence-corrected chi connectivity index (χ3v) is 3.02. The number of rotatable bonds is 4. The lowest BCUT2D eigenvalue weighted by atomic mass is 10.5. The van der Waals surface area contributed by atoms with E-state index in [0.29, 0.717) is 0 Å². The molecule has 65 valence electrons. The monoisotopic (exact) mass is 183 g/mol. The first-order chi connectivity index (χ1) is 4.99. The number of alkyl halides is 2. The molecule has 0 spiro atoms. The smallest absolute Gasteiger partial charge is 0.229 e. The summed E-state index contributed by atoms with van der Waals surface area (Å²) in [6.07, 6.45) is -1.15. The minimum absolute atomic E-state index is 0.128. The lowest BCUT2D eigenvalue weighted by Gasteiger charge is -2.00. The number of halogens is 2. The third kappa shape index (κ3) is 3.65. The van der Waals surface area contributed by atoms with E-state index in [1.807, 2.05) is 0 Å². The highest BCUT2D eigenvalue weighted by Crippen LogP contribution is 2.33. The van der Waals surface area contributed by atoms with Crippen molar-refractivity contribution in [3.05, 3.63) is 5.92 Å². The van der Waals surface area contributed by atoms with Crippen molar-refractivity contribution < 1.29 is 17.2 Å². The summed E-state index contributed by atoms with van der Waals surface area (Å²) in [4.78, 5) is 0. The summed E-state index contributed by atoms with van der Waals surface area (Å²) in [5.41, 5.74) is 0. The second-order valence-electron chi connectivity index (χ2n) is 2.70. The molecular weight excluding hydrogens is 174 g/mol. The summed E-state index contributed by atoms with van der Waals surface area (Å²) < 4.78 is 44.8. The van der Waals surface area contributed by atoms with Gasteiger partial charge in [-0.05, 0) is 18.8 Å². The Morgan fingerprint density at radius 1 is 1.36 bits per heavy atom. The number of hydrogen-bond acceptors (Lipinski definition) is 2. The maximum atomic E-state index is 11.6. The van der Waals surface area contributed by atoms with Crippen LogP contribution in [0, 0.1) is 5.92 Å². The molecule has 0 aromatic carbocycles. The number of sulfone groups is 1. The summed E-state index contributed by atoms with van der Waals surface area (Å²) in [5.74, 6) is -0.237. The van der Waals surface area contributed by atoms with Gasteiger partial charge >= 0.3 is 0 Å². The van der Waals surface area contributed by atoms with Gasteiger partial charge in [0.1, 0.15) is 5.75 Å². The Morgan fingerprint density at radius 2 is 1.91 bits per heavy atom. The standard InChI is InChI=1S/C6H9F2O2S/c7-6(8)4-11(9,10)3-5-1-2-5/h6H,1-4H2. The van der Waals surface area contributed by atoms with Gasteiger partial charge in [0.15, 0.2) is 9.84 Å². The number of hydrogen-bond donors (Lipinski definition) is 0. The maximum absolute atomic E-state index is 11.6. The van der Waals surface area contributed by atoms with Gasteiger partial charge in [0.2, 0.25) is 0 Å². The Kier molecular flexibility index (Phi) is 2.47. The van der Waals surface area contributed by atoms with E-state index in [0.717, 1.165) is 18.8 Å². The van der Waals surface area contributed by atoms with Crippen LogP contribution in [0.5, 0.6) is 0 Å². The molecule has 1 aliphatic carbocycles. The van der Waals surface area contributed by atoms with Crippen LogP contribution >= 0.6 is 0 Å². The Labute approximate surface area is 64.5 Å². The fourth-order valence-corrected chi connectivity index (χ4v) is 2.21. The van der Waals surface area contributed by atoms with Crippen molar-refractivity contribution in [2.45, 2.75) is 19.3 Å². The lowest BCUT2D eigenvalue weighted by molar-refractivity contribution is 0.174. The first kappa shape index (κ1) is 8.90. The van der Waals surface area contributed by atoms with Crippen LogP contribution in [-0.4, -0.2) is 26.3 Å². The Morgan fingerprint density at radius 3 is 2.27 bits per heavy atom. The average Bonchev–Trinajstić information content (AvgIpc) is 2.43. The van der Waals surface area contributed by atoms with E-state index in [2.05, 4.69) is 0 Å². The molecule has 0 amide bonds. The quantitative estimate of drug-likeness (QED) is 0.652. The molecular formula is C6H9F2O2S. The van der Waals surface area contributed by atoms with Crippen molar-refractivity contribution in [3.63, 3.8) is 0 Å². The summed E-state index contributed by atoms with van der Waals surface area (Å²) >= 11 is 0. The molecule has 0 heterocycles. The summed E-state index contributed by atoms with van der Waals surface area (Å²) in [6, 6.07) is 0. The van der Waals surface area contributed by atoms with Gasteiger partial charge in [-0.1, -0.05) is 0 Å². The van der Waals surface area contributed by atoms with E-state index < -0.39 is 22.0 Å². The minimum atomic E-state index is -3.50. The zero-order valence-electron chi connectivity index (χ0n) is 5.89. The van der Waals surface area contributed by atoms with Crippen LogP contribution < -0.4 is 0 Å². The molecule has 1 fully saturated rings. The van der Waals surface area contributed by atoms with Gasteiger partial charge in [0.25, 0.3) is 6.43 Å². The second-order valence-corrected chi connectivity index (χ2v) is 4.80. The van der Waals surface area contributed by atoms with Crippen molar-refractivity contribution in [1.29, 1.82) is 0 Å². The highest BCUT2D eigenvalue weighted by molar-refractivity contribution is 7.91. The van der Waals surface area contributed by atoms with Crippen molar-refractivity contribution >= 4 is 9.84 Å². The largest absolute Gasteiger partial charge is 0.252 e. The average molecular weight is 183 g/mol. The SMILES string of the molecule is O=S(=O)(C[C]1CC1)CC(F)F. The molecule has 11 heavy (non-hydrogen) atoms. The highest BCUT2D eigenvalue weighted by atomic mass is 32.2. The first-order valence-electron chi connectivity index (χ1n) is 3.32. The molecule has 1 radical (unpaired) electrons.